The highest BCUT2D eigenvalue weighted by Gasteiger charge is 2.20. The average Bonchev–Trinajstić information content (AvgIpc) is 2.35. The number of ether oxygens (including phenoxy) is 1. The molecule has 0 aliphatic heterocycles. The van der Waals surface area contributed by atoms with Crippen LogP contribution in [0.5, 0.6) is 5.75 Å². The first-order valence-corrected chi connectivity index (χ1v) is 6.56. The predicted octanol–water partition coefficient (Wildman–Crippen LogP) is 2.28. The number of aromatic hydroxyl groups is 1. The molecule has 5 nitrogen and oxygen atoms in total. The Hall–Kier alpha value is -2.04. The zero-order valence-corrected chi connectivity index (χ0v) is 12.3. The summed E-state index contributed by atoms with van der Waals surface area (Å²) in [7, 11) is 0. The van der Waals surface area contributed by atoms with E-state index in [0.29, 0.717) is 5.56 Å². The summed E-state index contributed by atoms with van der Waals surface area (Å²) in [5, 5.41) is 10.2. The summed E-state index contributed by atoms with van der Waals surface area (Å²) in [5.74, 6) is -1.31. The number of carbonyl (C=O) groups is 2. The molecule has 110 valence electrons. The van der Waals surface area contributed by atoms with Gasteiger partial charge < -0.3 is 15.6 Å². The van der Waals surface area contributed by atoms with Crippen LogP contribution in [-0.4, -0.2) is 23.6 Å². The van der Waals surface area contributed by atoms with E-state index in [2.05, 4.69) is 0 Å². The Balaban J connectivity index is 3.23. The van der Waals surface area contributed by atoms with Gasteiger partial charge in [0.1, 0.15) is 11.3 Å². The van der Waals surface area contributed by atoms with E-state index >= 15 is 0 Å². The summed E-state index contributed by atoms with van der Waals surface area (Å²) < 4.78 is 4.77. The standard InChI is InChI=1S/C15H21NO4/c1-8(2)10-5-11(9(3)4)14(18)12(6-10)15(19)20-7-13(16)17/h5-6,8-9,18H,7H2,1-4H3,(H2,16,17). The molecule has 1 rings (SSSR count). The molecule has 3 N–H and O–H groups in total. The summed E-state index contributed by atoms with van der Waals surface area (Å²) >= 11 is 0. The van der Waals surface area contributed by atoms with E-state index < -0.39 is 18.5 Å². The fourth-order valence-electron chi connectivity index (χ4n) is 1.82. The van der Waals surface area contributed by atoms with Gasteiger partial charge in [0, 0.05) is 0 Å². The van der Waals surface area contributed by atoms with Crippen LogP contribution in [0.15, 0.2) is 12.1 Å². The Kier molecular flexibility index (Phi) is 5.13. The van der Waals surface area contributed by atoms with Crippen LogP contribution >= 0.6 is 0 Å². The molecule has 0 radical (unpaired) electrons. The molecule has 0 fully saturated rings. The van der Waals surface area contributed by atoms with Crippen molar-refractivity contribution in [3.8, 4) is 5.75 Å². The smallest absolute Gasteiger partial charge is 0.342 e. The van der Waals surface area contributed by atoms with E-state index in [4.69, 9.17) is 10.5 Å². The quantitative estimate of drug-likeness (QED) is 0.809. The van der Waals surface area contributed by atoms with Gasteiger partial charge >= 0.3 is 5.97 Å². The summed E-state index contributed by atoms with van der Waals surface area (Å²) in [5.41, 5.74) is 6.62. The molecular formula is C15H21NO4. The van der Waals surface area contributed by atoms with Crippen LogP contribution < -0.4 is 5.73 Å². The predicted molar refractivity (Wildman–Crippen MR) is 75.8 cm³/mol. The van der Waals surface area contributed by atoms with Crippen molar-refractivity contribution < 1.29 is 19.4 Å². The fourth-order valence-corrected chi connectivity index (χ4v) is 1.82. The van der Waals surface area contributed by atoms with Gasteiger partial charge in [-0.3, -0.25) is 4.79 Å². The highest BCUT2D eigenvalue weighted by Crippen LogP contribution is 2.33. The summed E-state index contributed by atoms with van der Waals surface area (Å²) in [6.07, 6.45) is 0. The van der Waals surface area contributed by atoms with Gasteiger partial charge in [0.2, 0.25) is 0 Å². The second-order valence-corrected chi connectivity index (χ2v) is 5.36. The molecule has 1 aromatic carbocycles. The van der Waals surface area contributed by atoms with Gasteiger partial charge in [-0.2, -0.15) is 0 Å². The van der Waals surface area contributed by atoms with Crippen LogP contribution in [0.2, 0.25) is 0 Å². The third kappa shape index (κ3) is 3.73. The third-order valence-electron chi connectivity index (χ3n) is 3.02. The van der Waals surface area contributed by atoms with Crippen LogP contribution in [-0.2, 0) is 9.53 Å². The molecule has 0 bridgehead atoms. The molecule has 20 heavy (non-hydrogen) atoms. The van der Waals surface area contributed by atoms with E-state index in [0.717, 1.165) is 5.56 Å². The molecule has 0 atom stereocenters. The first kappa shape index (κ1) is 16.0. The number of amides is 1. The maximum atomic E-state index is 11.9. The Bertz CT molecular complexity index is 521. The molecule has 0 unspecified atom stereocenters. The zero-order chi connectivity index (χ0) is 15.4. The molecule has 1 aromatic rings. The highest BCUT2D eigenvalue weighted by molar-refractivity contribution is 5.94. The first-order valence-electron chi connectivity index (χ1n) is 6.56. The lowest BCUT2D eigenvalue weighted by Crippen LogP contribution is -2.21. The number of benzene rings is 1. The Morgan fingerprint density at radius 3 is 2.25 bits per heavy atom. The van der Waals surface area contributed by atoms with Crippen LogP contribution in [0.1, 0.15) is 61.0 Å². The summed E-state index contributed by atoms with van der Waals surface area (Å²) in [4.78, 5) is 22.6. The van der Waals surface area contributed by atoms with Gasteiger partial charge in [0.15, 0.2) is 6.61 Å². The lowest BCUT2D eigenvalue weighted by Gasteiger charge is -2.16. The van der Waals surface area contributed by atoms with Gasteiger partial charge in [-0.25, -0.2) is 4.79 Å². The van der Waals surface area contributed by atoms with Crippen LogP contribution in [0.25, 0.3) is 0 Å². The highest BCUT2D eigenvalue weighted by atomic mass is 16.5. The van der Waals surface area contributed by atoms with Gasteiger partial charge in [0.05, 0.1) is 0 Å². The number of esters is 1. The number of nitrogens with two attached hydrogens (primary N) is 1. The van der Waals surface area contributed by atoms with Crippen LogP contribution in [0, 0.1) is 0 Å². The molecule has 5 heteroatoms. The lowest BCUT2D eigenvalue weighted by molar-refractivity contribution is -0.121. The van der Waals surface area contributed by atoms with Crippen molar-refractivity contribution in [1.82, 2.24) is 0 Å². The van der Waals surface area contributed by atoms with E-state index in [1.54, 1.807) is 6.07 Å². The van der Waals surface area contributed by atoms with Gasteiger partial charge in [-0.05, 0) is 29.0 Å². The van der Waals surface area contributed by atoms with Crippen molar-refractivity contribution in [3.05, 3.63) is 28.8 Å². The third-order valence-corrected chi connectivity index (χ3v) is 3.02. The van der Waals surface area contributed by atoms with Crippen LogP contribution in [0.3, 0.4) is 0 Å². The van der Waals surface area contributed by atoms with Crippen molar-refractivity contribution in [2.75, 3.05) is 6.61 Å². The summed E-state index contributed by atoms with van der Waals surface area (Å²) in [6, 6.07) is 3.48. The minimum Gasteiger partial charge on any atom is -0.507 e. The maximum Gasteiger partial charge on any atom is 0.342 e. The van der Waals surface area contributed by atoms with E-state index in [1.165, 1.54) is 0 Å². The number of hydrogen-bond donors (Lipinski definition) is 2. The molecular weight excluding hydrogens is 258 g/mol. The van der Waals surface area contributed by atoms with E-state index in [-0.39, 0.29) is 23.1 Å². The lowest BCUT2D eigenvalue weighted by atomic mass is 9.92. The van der Waals surface area contributed by atoms with E-state index in [1.807, 2.05) is 33.8 Å². The zero-order valence-electron chi connectivity index (χ0n) is 12.3. The summed E-state index contributed by atoms with van der Waals surface area (Å²) in [6.45, 7) is 7.35. The minimum atomic E-state index is -0.745. The largest absolute Gasteiger partial charge is 0.507 e. The first-order chi connectivity index (χ1) is 9.23. The molecule has 1 amide bonds. The number of rotatable bonds is 5. The van der Waals surface area contributed by atoms with Gasteiger partial charge in [0.25, 0.3) is 5.91 Å². The number of hydrogen-bond acceptors (Lipinski definition) is 4. The fraction of sp³-hybridized carbons (Fsp3) is 0.467. The number of phenols is 1. The van der Waals surface area contributed by atoms with Gasteiger partial charge in [-0.15, -0.1) is 0 Å². The van der Waals surface area contributed by atoms with Crippen molar-refractivity contribution in [2.24, 2.45) is 5.73 Å². The van der Waals surface area contributed by atoms with E-state index in [9.17, 15) is 14.7 Å². The molecule has 0 saturated heterocycles. The Morgan fingerprint density at radius 1 is 1.20 bits per heavy atom. The molecule has 0 aliphatic carbocycles. The van der Waals surface area contributed by atoms with Crippen LogP contribution in [0.4, 0.5) is 0 Å². The van der Waals surface area contributed by atoms with Crippen molar-refractivity contribution >= 4 is 11.9 Å². The molecule has 0 aromatic heterocycles. The molecule has 0 aliphatic rings. The average molecular weight is 279 g/mol. The monoisotopic (exact) mass is 279 g/mol. The number of phenolic OH excluding ortho intramolecular Hbond substituents is 1. The topological polar surface area (TPSA) is 89.6 Å². The molecule has 0 spiro atoms. The Morgan fingerprint density at radius 2 is 1.80 bits per heavy atom. The second kappa shape index (κ2) is 6.41. The number of carbonyl (C=O) groups excluding carboxylic acids is 2. The minimum absolute atomic E-state index is 0.0661. The molecule has 0 saturated carbocycles. The van der Waals surface area contributed by atoms with Gasteiger partial charge in [-0.1, -0.05) is 33.8 Å². The second-order valence-electron chi connectivity index (χ2n) is 5.36. The normalized spacial score (nSPS) is 10.9. The Labute approximate surface area is 118 Å². The SMILES string of the molecule is CC(C)c1cc(C(=O)OCC(N)=O)c(O)c(C(C)C)c1. The van der Waals surface area contributed by atoms with Crippen molar-refractivity contribution in [2.45, 2.75) is 39.5 Å². The number of primary amides is 1. The molecule has 0 heterocycles. The maximum absolute atomic E-state index is 11.9. The van der Waals surface area contributed by atoms with Crippen molar-refractivity contribution in [1.29, 1.82) is 0 Å². The van der Waals surface area contributed by atoms with Crippen molar-refractivity contribution in [3.63, 3.8) is 0 Å².